The summed E-state index contributed by atoms with van der Waals surface area (Å²) in [5, 5.41) is 7.80. The van der Waals surface area contributed by atoms with E-state index >= 15 is 0 Å². The highest BCUT2D eigenvalue weighted by molar-refractivity contribution is 7.16. The van der Waals surface area contributed by atoms with Gasteiger partial charge in [-0.05, 0) is 36.4 Å². The standard InChI is InChI=1S/C24H18ClN5O3S2/c1-2-16-8-15(9-23(31)29(16)13-17-4-3-7-33-17)19-10-22(27-11-18-5-6-21(25)35-18)30(28-19)24(32)20-12-26-14-34-20/h2-10,12,14,27H,1,11,13H2. The lowest BCUT2D eigenvalue weighted by Crippen LogP contribution is -2.22. The van der Waals surface area contributed by atoms with Crippen molar-refractivity contribution in [1.29, 1.82) is 0 Å². The normalized spacial score (nSPS) is 11.0. The zero-order valence-corrected chi connectivity index (χ0v) is 20.6. The van der Waals surface area contributed by atoms with Gasteiger partial charge in [0, 0.05) is 28.3 Å². The Morgan fingerprint density at radius 3 is 2.83 bits per heavy atom. The molecular formula is C24H18ClN5O3S2. The number of pyridine rings is 1. The molecule has 0 spiro atoms. The Labute approximate surface area is 212 Å². The maximum Gasteiger partial charge on any atom is 0.291 e. The summed E-state index contributed by atoms with van der Waals surface area (Å²) < 4.78 is 8.93. The molecule has 8 nitrogen and oxygen atoms in total. The summed E-state index contributed by atoms with van der Waals surface area (Å²) >= 11 is 8.72. The Kier molecular flexibility index (Phi) is 6.49. The highest BCUT2D eigenvalue weighted by Crippen LogP contribution is 2.26. The molecule has 0 aliphatic rings. The average Bonchev–Trinajstić information content (AvgIpc) is 3.66. The number of furan rings is 1. The first kappa shape index (κ1) is 23.0. The Morgan fingerprint density at radius 2 is 2.14 bits per heavy atom. The molecule has 35 heavy (non-hydrogen) atoms. The number of carbonyl (C=O) groups is 1. The van der Waals surface area contributed by atoms with E-state index in [0.717, 1.165) is 4.88 Å². The summed E-state index contributed by atoms with van der Waals surface area (Å²) in [6.07, 6.45) is 4.67. The second-order valence-electron chi connectivity index (χ2n) is 7.43. The summed E-state index contributed by atoms with van der Waals surface area (Å²) in [5.41, 5.74) is 3.00. The molecule has 0 saturated carbocycles. The van der Waals surface area contributed by atoms with Crippen LogP contribution in [-0.4, -0.2) is 25.2 Å². The van der Waals surface area contributed by atoms with E-state index in [0.29, 0.717) is 44.3 Å². The van der Waals surface area contributed by atoms with Gasteiger partial charge in [-0.1, -0.05) is 18.2 Å². The van der Waals surface area contributed by atoms with Crippen LogP contribution in [0, 0.1) is 0 Å². The van der Waals surface area contributed by atoms with Crippen molar-refractivity contribution in [2.45, 2.75) is 13.1 Å². The highest BCUT2D eigenvalue weighted by Gasteiger charge is 2.19. The van der Waals surface area contributed by atoms with Gasteiger partial charge in [0.25, 0.3) is 11.5 Å². The molecule has 11 heteroatoms. The molecule has 0 aromatic carbocycles. The van der Waals surface area contributed by atoms with Crippen LogP contribution >= 0.6 is 34.3 Å². The van der Waals surface area contributed by atoms with Gasteiger partial charge in [-0.15, -0.1) is 22.7 Å². The van der Waals surface area contributed by atoms with Crippen LogP contribution in [0.3, 0.4) is 0 Å². The minimum Gasteiger partial charge on any atom is -0.467 e. The molecule has 1 N–H and O–H groups in total. The van der Waals surface area contributed by atoms with E-state index in [1.54, 1.807) is 40.6 Å². The van der Waals surface area contributed by atoms with Gasteiger partial charge in [0.15, 0.2) is 0 Å². The second kappa shape index (κ2) is 9.87. The van der Waals surface area contributed by atoms with Gasteiger partial charge in [0.1, 0.15) is 16.5 Å². The summed E-state index contributed by atoms with van der Waals surface area (Å²) in [5.74, 6) is 0.825. The van der Waals surface area contributed by atoms with Crippen molar-refractivity contribution in [3.05, 3.63) is 103 Å². The van der Waals surface area contributed by atoms with Crippen molar-refractivity contribution in [2.75, 3.05) is 5.32 Å². The Balaban J connectivity index is 1.52. The number of halogens is 1. The zero-order chi connectivity index (χ0) is 24.4. The molecule has 5 heterocycles. The monoisotopic (exact) mass is 523 g/mol. The van der Waals surface area contributed by atoms with Crippen molar-refractivity contribution >= 4 is 52.1 Å². The average molecular weight is 524 g/mol. The third-order valence-corrected chi connectivity index (χ3v) is 7.17. The number of nitrogens with zero attached hydrogens (tertiary/aromatic N) is 4. The molecule has 0 radical (unpaired) electrons. The van der Waals surface area contributed by atoms with E-state index in [1.807, 2.05) is 18.2 Å². The number of aromatic nitrogens is 4. The predicted molar refractivity (Wildman–Crippen MR) is 138 cm³/mol. The van der Waals surface area contributed by atoms with Crippen molar-refractivity contribution in [3.63, 3.8) is 0 Å². The number of thiazole rings is 1. The molecule has 0 aliphatic carbocycles. The van der Waals surface area contributed by atoms with E-state index in [9.17, 15) is 9.59 Å². The Morgan fingerprint density at radius 1 is 1.26 bits per heavy atom. The van der Waals surface area contributed by atoms with Crippen LogP contribution in [0.4, 0.5) is 5.82 Å². The molecule has 0 aliphatic heterocycles. The second-order valence-corrected chi connectivity index (χ2v) is 10.1. The fourth-order valence-electron chi connectivity index (χ4n) is 3.51. The molecular weight excluding hydrogens is 506 g/mol. The lowest BCUT2D eigenvalue weighted by atomic mass is 10.1. The lowest BCUT2D eigenvalue weighted by Gasteiger charge is -2.10. The van der Waals surface area contributed by atoms with E-state index in [1.165, 1.54) is 39.6 Å². The molecule has 0 fully saturated rings. The predicted octanol–water partition coefficient (Wildman–Crippen LogP) is 5.47. The smallest absolute Gasteiger partial charge is 0.291 e. The van der Waals surface area contributed by atoms with Gasteiger partial charge in [-0.2, -0.15) is 9.78 Å². The van der Waals surface area contributed by atoms with Crippen molar-refractivity contribution in [1.82, 2.24) is 19.3 Å². The van der Waals surface area contributed by atoms with Gasteiger partial charge >= 0.3 is 0 Å². The quantitative estimate of drug-likeness (QED) is 0.290. The third kappa shape index (κ3) is 4.90. The van der Waals surface area contributed by atoms with Crippen LogP contribution in [0.2, 0.25) is 4.34 Å². The maximum absolute atomic E-state index is 13.1. The van der Waals surface area contributed by atoms with Gasteiger partial charge in [0.2, 0.25) is 0 Å². The fraction of sp³-hybridized carbons (Fsp3) is 0.0833. The summed E-state index contributed by atoms with van der Waals surface area (Å²) in [6.45, 7) is 4.59. The van der Waals surface area contributed by atoms with E-state index in [4.69, 9.17) is 16.0 Å². The molecule has 5 rings (SSSR count). The molecule has 0 bridgehead atoms. The number of hydrogen-bond donors (Lipinski definition) is 1. The van der Waals surface area contributed by atoms with Crippen molar-refractivity contribution in [3.8, 4) is 11.3 Å². The molecule has 0 atom stereocenters. The van der Waals surface area contributed by atoms with Gasteiger partial charge in [-0.25, -0.2) is 0 Å². The Bertz CT molecular complexity index is 1550. The number of carbonyl (C=O) groups excluding carboxylic acids is 1. The summed E-state index contributed by atoms with van der Waals surface area (Å²) in [6, 6.07) is 12.4. The van der Waals surface area contributed by atoms with Crippen molar-refractivity contribution in [2.24, 2.45) is 0 Å². The van der Waals surface area contributed by atoms with Crippen LogP contribution in [0.1, 0.15) is 26.0 Å². The number of thiophene rings is 1. The van der Waals surface area contributed by atoms with Gasteiger partial charge in [0.05, 0.1) is 41.1 Å². The first-order chi connectivity index (χ1) is 17.0. The van der Waals surface area contributed by atoms with Crippen LogP contribution in [0.5, 0.6) is 0 Å². The molecule has 0 amide bonds. The minimum absolute atomic E-state index is 0.236. The third-order valence-electron chi connectivity index (χ3n) is 5.18. The van der Waals surface area contributed by atoms with Crippen LogP contribution in [-0.2, 0) is 13.1 Å². The van der Waals surface area contributed by atoms with E-state index < -0.39 is 0 Å². The van der Waals surface area contributed by atoms with Crippen LogP contribution in [0.15, 0.2) is 76.2 Å². The van der Waals surface area contributed by atoms with Gasteiger partial charge in [-0.3, -0.25) is 14.6 Å². The molecule has 0 unspecified atom stereocenters. The van der Waals surface area contributed by atoms with Crippen LogP contribution in [0.25, 0.3) is 17.3 Å². The number of anilines is 1. The molecule has 176 valence electrons. The fourth-order valence-corrected chi connectivity index (χ4v) is 5.09. The SMILES string of the molecule is C=Cc1cc(-c2cc(NCc3ccc(Cl)s3)n(C(=O)c3cncs3)n2)cc(=O)n1Cc1ccco1. The van der Waals surface area contributed by atoms with Crippen LogP contribution < -0.4 is 10.9 Å². The molecule has 5 aromatic rings. The lowest BCUT2D eigenvalue weighted by molar-refractivity contribution is 0.0951. The zero-order valence-electron chi connectivity index (χ0n) is 18.2. The van der Waals surface area contributed by atoms with E-state index in [-0.39, 0.29) is 18.0 Å². The topological polar surface area (TPSA) is 95.0 Å². The van der Waals surface area contributed by atoms with E-state index in [2.05, 4.69) is 22.0 Å². The Hall–Kier alpha value is -3.73. The molecule has 5 aromatic heterocycles. The van der Waals surface area contributed by atoms with Gasteiger partial charge < -0.3 is 14.3 Å². The highest BCUT2D eigenvalue weighted by atomic mass is 35.5. The number of rotatable bonds is 8. The summed E-state index contributed by atoms with van der Waals surface area (Å²) in [4.78, 5) is 31.6. The number of nitrogens with one attached hydrogen (secondary N) is 1. The van der Waals surface area contributed by atoms with Crippen molar-refractivity contribution < 1.29 is 9.21 Å². The first-order valence-corrected chi connectivity index (χ1v) is 12.5. The first-order valence-electron chi connectivity index (χ1n) is 10.4. The molecule has 0 saturated heterocycles. The summed E-state index contributed by atoms with van der Waals surface area (Å²) in [7, 11) is 0. The minimum atomic E-state index is -0.319. The largest absolute Gasteiger partial charge is 0.467 e. The maximum atomic E-state index is 13.1. The number of hydrogen-bond acceptors (Lipinski definition) is 8.